The summed E-state index contributed by atoms with van der Waals surface area (Å²) < 4.78 is 33.4. The highest BCUT2D eigenvalue weighted by molar-refractivity contribution is 7.52. The van der Waals surface area contributed by atoms with Gasteiger partial charge in [-0.3, -0.25) is 4.57 Å². The summed E-state index contributed by atoms with van der Waals surface area (Å²) >= 11 is 0. The van der Waals surface area contributed by atoms with Crippen LogP contribution in [0.3, 0.4) is 0 Å². The first-order valence-electron chi connectivity index (χ1n) is 7.33. The SMILES string of the molecule is COP(=O)(Cc1nc2cc3c(cc2nc1C(=O)O)OC(C)(C)O3)OC. The number of aromatic carboxylic acids is 1. The molecule has 0 spiro atoms. The molecule has 3 rings (SSSR count). The molecule has 0 amide bonds. The molecule has 1 aromatic carbocycles. The molecule has 2 aromatic rings. The first kappa shape index (κ1) is 17.6. The Balaban J connectivity index is 2.14. The fourth-order valence-corrected chi connectivity index (χ4v) is 3.47. The van der Waals surface area contributed by atoms with E-state index in [4.69, 9.17) is 18.5 Å². The zero-order valence-electron chi connectivity index (χ0n) is 14.1. The van der Waals surface area contributed by atoms with Crippen molar-refractivity contribution in [3.63, 3.8) is 0 Å². The van der Waals surface area contributed by atoms with Gasteiger partial charge in [-0.15, -0.1) is 0 Å². The summed E-state index contributed by atoms with van der Waals surface area (Å²) in [5.41, 5.74) is 0.398. The zero-order chi connectivity index (χ0) is 18.4. The summed E-state index contributed by atoms with van der Waals surface area (Å²) in [6.07, 6.45) is -0.315. The molecule has 134 valence electrons. The third-order valence-electron chi connectivity index (χ3n) is 3.62. The molecule has 0 saturated carbocycles. The Morgan fingerprint density at radius 3 is 2.16 bits per heavy atom. The van der Waals surface area contributed by atoms with Gasteiger partial charge in [0.1, 0.15) is 0 Å². The fourth-order valence-electron chi connectivity index (χ4n) is 2.48. The van der Waals surface area contributed by atoms with E-state index in [1.807, 2.05) is 0 Å². The maximum Gasteiger partial charge on any atom is 0.356 e. The van der Waals surface area contributed by atoms with Crippen molar-refractivity contribution in [3.8, 4) is 11.5 Å². The van der Waals surface area contributed by atoms with Gasteiger partial charge in [-0.1, -0.05) is 0 Å². The van der Waals surface area contributed by atoms with E-state index in [2.05, 4.69) is 9.97 Å². The third-order valence-corrected chi connectivity index (χ3v) is 5.42. The quantitative estimate of drug-likeness (QED) is 0.795. The van der Waals surface area contributed by atoms with Gasteiger partial charge in [0.05, 0.1) is 22.9 Å². The number of fused-ring (bicyclic) bond motifs is 2. The normalized spacial score (nSPS) is 15.5. The maximum absolute atomic E-state index is 12.4. The maximum atomic E-state index is 12.4. The number of benzene rings is 1. The molecular formula is C15H17N2O7P. The predicted octanol–water partition coefficient (Wildman–Crippen LogP) is 2.82. The van der Waals surface area contributed by atoms with Gasteiger partial charge in [-0.05, 0) is 0 Å². The molecule has 1 aliphatic rings. The van der Waals surface area contributed by atoms with Crippen molar-refractivity contribution in [2.75, 3.05) is 14.2 Å². The van der Waals surface area contributed by atoms with Crippen molar-refractivity contribution < 1.29 is 33.0 Å². The second-order valence-corrected chi connectivity index (χ2v) is 8.12. The Labute approximate surface area is 143 Å². The molecule has 0 fully saturated rings. The lowest BCUT2D eigenvalue weighted by Gasteiger charge is -2.16. The Morgan fingerprint density at radius 2 is 1.68 bits per heavy atom. The van der Waals surface area contributed by atoms with Crippen LogP contribution in [0.15, 0.2) is 12.1 Å². The van der Waals surface area contributed by atoms with Gasteiger partial charge in [-0.25, -0.2) is 14.8 Å². The summed E-state index contributed by atoms with van der Waals surface area (Å²) in [6.45, 7) is 3.50. The van der Waals surface area contributed by atoms with Crippen molar-refractivity contribution in [1.29, 1.82) is 0 Å². The fraction of sp³-hybridized carbons (Fsp3) is 0.400. The minimum absolute atomic E-state index is 0.00478. The van der Waals surface area contributed by atoms with Crippen LogP contribution >= 0.6 is 7.60 Å². The van der Waals surface area contributed by atoms with Crippen molar-refractivity contribution >= 4 is 24.6 Å². The van der Waals surface area contributed by atoms with Crippen LogP contribution in [0.5, 0.6) is 11.5 Å². The predicted molar refractivity (Wildman–Crippen MR) is 87.2 cm³/mol. The monoisotopic (exact) mass is 368 g/mol. The van der Waals surface area contributed by atoms with Crippen LogP contribution < -0.4 is 9.47 Å². The molecule has 1 N–H and O–H groups in total. The molecule has 25 heavy (non-hydrogen) atoms. The van der Waals surface area contributed by atoms with Gasteiger partial charge in [0, 0.05) is 40.2 Å². The van der Waals surface area contributed by atoms with Crippen molar-refractivity contribution in [1.82, 2.24) is 9.97 Å². The van der Waals surface area contributed by atoms with E-state index in [0.717, 1.165) is 0 Å². The highest BCUT2D eigenvalue weighted by atomic mass is 31.2. The Bertz CT molecular complexity index is 904. The number of carboxylic acid groups (broad SMARTS) is 1. The molecule has 0 saturated heterocycles. The van der Waals surface area contributed by atoms with Gasteiger partial charge < -0.3 is 23.6 Å². The average Bonchev–Trinajstić information content (AvgIpc) is 2.84. The number of aromatic nitrogens is 2. The lowest BCUT2D eigenvalue weighted by Crippen LogP contribution is -2.29. The van der Waals surface area contributed by atoms with E-state index in [1.54, 1.807) is 26.0 Å². The molecule has 9 nitrogen and oxygen atoms in total. The number of carbonyl (C=O) groups is 1. The summed E-state index contributed by atoms with van der Waals surface area (Å²) in [7, 11) is -1.06. The van der Waals surface area contributed by atoms with Crippen LogP contribution in [0.2, 0.25) is 0 Å². The van der Waals surface area contributed by atoms with E-state index in [-0.39, 0.29) is 17.5 Å². The second kappa shape index (κ2) is 5.94. The van der Waals surface area contributed by atoms with Crippen molar-refractivity contribution in [3.05, 3.63) is 23.5 Å². The van der Waals surface area contributed by atoms with Crippen LogP contribution in [-0.4, -0.2) is 41.1 Å². The molecule has 0 radical (unpaired) electrons. The van der Waals surface area contributed by atoms with Crippen LogP contribution in [0, 0.1) is 0 Å². The topological polar surface area (TPSA) is 117 Å². The Morgan fingerprint density at radius 1 is 1.16 bits per heavy atom. The van der Waals surface area contributed by atoms with Gasteiger partial charge in [0.15, 0.2) is 17.2 Å². The third kappa shape index (κ3) is 3.30. The first-order chi connectivity index (χ1) is 11.7. The number of ether oxygens (including phenoxy) is 2. The molecule has 10 heteroatoms. The molecule has 0 atom stereocenters. The molecule has 1 aliphatic heterocycles. The number of nitrogens with zero attached hydrogens (tertiary/aromatic N) is 2. The molecule has 2 heterocycles. The summed E-state index contributed by atoms with van der Waals surface area (Å²) in [5, 5.41) is 9.41. The molecule has 0 unspecified atom stereocenters. The van der Waals surface area contributed by atoms with Crippen LogP contribution in [-0.2, 0) is 19.8 Å². The Kier molecular flexibility index (Phi) is 4.18. The number of hydrogen-bond donors (Lipinski definition) is 1. The first-order valence-corrected chi connectivity index (χ1v) is 9.06. The smallest absolute Gasteiger partial charge is 0.356 e. The summed E-state index contributed by atoms with van der Waals surface area (Å²) in [4.78, 5) is 19.9. The minimum Gasteiger partial charge on any atom is -0.476 e. The average molecular weight is 368 g/mol. The van der Waals surface area contributed by atoms with Gasteiger partial charge in [0.25, 0.3) is 0 Å². The van der Waals surface area contributed by atoms with Gasteiger partial charge in [-0.2, -0.15) is 0 Å². The van der Waals surface area contributed by atoms with E-state index < -0.39 is 19.4 Å². The summed E-state index contributed by atoms with van der Waals surface area (Å²) in [5.74, 6) is -1.20. The van der Waals surface area contributed by atoms with Crippen LogP contribution in [0.1, 0.15) is 30.0 Å². The number of carboxylic acids is 1. The number of hydrogen-bond acceptors (Lipinski definition) is 8. The van der Waals surface area contributed by atoms with Crippen LogP contribution in [0.4, 0.5) is 0 Å². The second-order valence-electron chi connectivity index (χ2n) is 5.85. The van der Waals surface area contributed by atoms with E-state index in [0.29, 0.717) is 22.5 Å². The lowest BCUT2D eigenvalue weighted by atomic mass is 10.2. The van der Waals surface area contributed by atoms with Crippen molar-refractivity contribution in [2.24, 2.45) is 0 Å². The minimum atomic E-state index is -3.51. The largest absolute Gasteiger partial charge is 0.476 e. The summed E-state index contributed by atoms with van der Waals surface area (Å²) in [6, 6.07) is 3.17. The highest BCUT2D eigenvalue weighted by Crippen LogP contribution is 2.50. The molecule has 0 aliphatic carbocycles. The van der Waals surface area contributed by atoms with Gasteiger partial charge >= 0.3 is 13.6 Å². The van der Waals surface area contributed by atoms with E-state index in [1.165, 1.54) is 14.2 Å². The zero-order valence-corrected chi connectivity index (χ0v) is 15.0. The van der Waals surface area contributed by atoms with E-state index >= 15 is 0 Å². The molecular weight excluding hydrogens is 351 g/mol. The lowest BCUT2D eigenvalue weighted by molar-refractivity contribution is -0.0431. The Hall–Kier alpha value is -2.22. The number of rotatable bonds is 5. The van der Waals surface area contributed by atoms with Crippen LogP contribution in [0.25, 0.3) is 11.0 Å². The standard InChI is InChI=1S/C15H17N2O7P/c1-15(2)23-11-5-8-9(6-12(11)24-15)17-13(14(18)19)10(16-8)7-25(20,21-3)22-4/h5-6H,7H2,1-4H3,(H,18,19). The van der Waals surface area contributed by atoms with E-state index in [9.17, 15) is 14.5 Å². The molecule has 1 aromatic heterocycles. The highest BCUT2D eigenvalue weighted by Gasteiger charge is 2.33. The van der Waals surface area contributed by atoms with Crippen molar-refractivity contribution in [2.45, 2.75) is 25.8 Å². The van der Waals surface area contributed by atoms with Gasteiger partial charge in [0.2, 0.25) is 5.79 Å². The molecule has 0 bridgehead atoms.